The van der Waals surface area contributed by atoms with Gasteiger partial charge in [0.25, 0.3) is 17.5 Å². The lowest BCUT2D eigenvalue weighted by Crippen LogP contribution is -2.42. The summed E-state index contributed by atoms with van der Waals surface area (Å²) in [5.41, 5.74) is 0.477. The van der Waals surface area contributed by atoms with Crippen LogP contribution in [0.4, 0.5) is 5.69 Å². The van der Waals surface area contributed by atoms with Crippen molar-refractivity contribution in [3.63, 3.8) is 0 Å². The van der Waals surface area contributed by atoms with E-state index in [0.717, 1.165) is 4.90 Å². The first-order chi connectivity index (χ1) is 10.6. The van der Waals surface area contributed by atoms with Crippen LogP contribution in [0.2, 0.25) is 0 Å². The van der Waals surface area contributed by atoms with Gasteiger partial charge in [-0.2, -0.15) is 0 Å². The van der Waals surface area contributed by atoms with Crippen LogP contribution < -0.4 is 0 Å². The van der Waals surface area contributed by atoms with Gasteiger partial charge in [0, 0.05) is 29.7 Å². The molecule has 0 spiro atoms. The summed E-state index contributed by atoms with van der Waals surface area (Å²) in [6.07, 6.45) is 0. The molecular weight excluding hydrogens is 288 g/mol. The molecule has 7 nitrogen and oxygen atoms in total. The van der Waals surface area contributed by atoms with E-state index in [1.807, 2.05) is 0 Å². The lowest BCUT2D eigenvalue weighted by molar-refractivity contribution is -0.383. The second kappa shape index (κ2) is 5.19. The number of methoxy groups -OCH3 is 1. The summed E-state index contributed by atoms with van der Waals surface area (Å²) >= 11 is 0. The van der Waals surface area contributed by atoms with E-state index in [2.05, 4.69) is 0 Å². The molecule has 1 heterocycles. The smallest absolute Gasteiger partial charge is 0.277 e. The summed E-state index contributed by atoms with van der Waals surface area (Å²) in [5, 5.41) is 11.8. The average Bonchev–Trinajstić information content (AvgIpc) is 2.51. The molecule has 2 amide bonds. The Balaban J connectivity index is 2.25. The Kier molecular flexibility index (Phi) is 3.34. The molecule has 0 aliphatic carbocycles. The topological polar surface area (TPSA) is 89.8 Å². The number of nitrogens with zero attached hydrogens (tertiary/aromatic N) is 2. The summed E-state index contributed by atoms with van der Waals surface area (Å²) in [6, 6.07) is 7.40. The third-order valence-electron chi connectivity index (χ3n) is 3.68. The lowest BCUT2D eigenvalue weighted by Gasteiger charge is -2.26. The zero-order valence-corrected chi connectivity index (χ0v) is 11.7. The van der Waals surface area contributed by atoms with Crippen molar-refractivity contribution in [2.75, 3.05) is 20.3 Å². The molecule has 0 bridgehead atoms. The van der Waals surface area contributed by atoms with Crippen molar-refractivity contribution in [2.24, 2.45) is 0 Å². The number of imide groups is 1. The Labute approximate surface area is 125 Å². The number of carbonyl (C=O) groups is 2. The number of benzene rings is 2. The fourth-order valence-electron chi connectivity index (χ4n) is 2.68. The molecule has 1 aliphatic heterocycles. The SMILES string of the molecule is COCCN1C(=O)c2cccc3c([N+](=O)[O-])ccc(c23)C1=O. The molecule has 0 saturated carbocycles. The number of hydrogen-bond donors (Lipinski definition) is 0. The lowest BCUT2D eigenvalue weighted by atomic mass is 9.93. The zero-order valence-electron chi connectivity index (χ0n) is 11.7. The van der Waals surface area contributed by atoms with Gasteiger partial charge in [-0.05, 0) is 18.2 Å². The summed E-state index contributed by atoms with van der Waals surface area (Å²) in [6.45, 7) is 0.372. The number of nitro groups is 1. The van der Waals surface area contributed by atoms with Crippen LogP contribution >= 0.6 is 0 Å². The van der Waals surface area contributed by atoms with Gasteiger partial charge in [0.1, 0.15) is 0 Å². The van der Waals surface area contributed by atoms with Crippen molar-refractivity contribution < 1.29 is 19.2 Å². The van der Waals surface area contributed by atoms with E-state index < -0.39 is 16.7 Å². The molecule has 0 N–H and O–H groups in total. The number of nitro benzene ring substituents is 1. The van der Waals surface area contributed by atoms with E-state index in [0.29, 0.717) is 21.9 Å². The maximum absolute atomic E-state index is 12.5. The fraction of sp³-hybridized carbons (Fsp3) is 0.200. The van der Waals surface area contributed by atoms with E-state index in [1.54, 1.807) is 18.2 Å². The standard InChI is InChI=1S/C15H12N2O5/c1-22-8-7-16-14(18)10-4-2-3-9-12(17(20)21)6-5-11(13(9)10)15(16)19/h2-6H,7-8H2,1H3. The Bertz CT molecular complexity index is 793. The van der Waals surface area contributed by atoms with Crippen LogP contribution in [0.25, 0.3) is 10.8 Å². The molecule has 112 valence electrons. The minimum Gasteiger partial charge on any atom is -0.383 e. The highest BCUT2D eigenvalue weighted by Gasteiger charge is 2.34. The van der Waals surface area contributed by atoms with E-state index in [1.165, 1.54) is 19.2 Å². The molecule has 0 fully saturated rings. The minimum atomic E-state index is -0.519. The van der Waals surface area contributed by atoms with Gasteiger partial charge in [-0.1, -0.05) is 6.07 Å². The summed E-state index contributed by atoms with van der Waals surface area (Å²) in [7, 11) is 1.48. The van der Waals surface area contributed by atoms with Gasteiger partial charge in [0.05, 0.1) is 23.5 Å². The molecule has 0 aromatic heterocycles. The van der Waals surface area contributed by atoms with Crippen LogP contribution in [-0.4, -0.2) is 41.9 Å². The number of hydrogen-bond acceptors (Lipinski definition) is 5. The van der Waals surface area contributed by atoms with E-state index in [4.69, 9.17) is 4.74 Å². The maximum atomic E-state index is 12.5. The first-order valence-corrected chi connectivity index (χ1v) is 6.61. The normalized spacial score (nSPS) is 13.8. The molecule has 22 heavy (non-hydrogen) atoms. The second-order valence-electron chi connectivity index (χ2n) is 4.87. The highest BCUT2D eigenvalue weighted by molar-refractivity contribution is 6.26. The van der Waals surface area contributed by atoms with E-state index >= 15 is 0 Å². The van der Waals surface area contributed by atoms with Crippen LogP contribution in [0.15, 0.2) is 30.3 Å². The summed E-state index contributed by atoms with van der Waals surface area (Å²) in [5.74, 6) is -0.915. The third-order valence-corrected chi connectivity index (χ3v) is 3.68. The fourth-order valence-corrected chi connectivity index (χ4v) is 2.68. The monoisotopic (exact) mass is 300 g/mol. The highest BCUT2D eigenvalue weighted by Crippen LogP contribution is 2.35. The first kappa shape index (κ1) is 14.2. The van der Waals surface area contributed by atoms with Crippen molar-refractivity contribution >= 4 is 28.3 Å². The van der Waals surface area contributed by atoms with Gasteiger partial charge in [-0.25, -0.2) is 0 Å². The van der Waals surface area contributed by atoms with Gasteiger partial charge in [-0.3, -0.25) is 24.6 Å². The summed E-state index contributed by atoms with van der Waals surface area (Å²) < 4.78 is 4.92. The highest BCUT2D eigenvalue weighted by atomic mass is 16.6. The quantitative estimate of drug-likeness (QED) is 0.489. The Morgan fingerprint density at radius 1 is 1.14 bits per heavy atom. The van der Waals surface area contributed by atoms with Crippen molar-refractivity contribution in [3.05, 3.63) is 51.6 Å². The van der Waals surface area contributed by atoms with Crippen LogP contribution in [-0.2, 0) is 4.74 Å². The molecule has 0 radical (unpaired) electrons. The first-order valence-electron chi connectivity index (χ1n) is 6.61. The number of rotatable bonds is 4. The van der Waals surface area contributed by atoms with Crippen molar-refractivity contribution in [1.29, 1.82) is 0 Å². The molecule has 2 aromatic carbocycles. The number of carbonyl (C=O) groups excluding carboxylic acids is 2. The van der Waals surface area contributed by atoms with Gasteiger partial charge in [-0.15, -0.1) is 0 Å². The van der Waals surface area contributed by atoms with Crippen molar-refractivity contribution in [2.45, 2.75) is 0 Å². The molecule has 7 heteroatoms. The zero-order chi connectivity index (χ0) is 15.9. The molecule has 0 unspecified atom stereocenters. The van der Waals surface area contributed by atoms with Gasteiger partial charge < -0.3 is 4.74 Å². The Morgan fingerprint density at radius 2 is 1.82 bits per heavy atom. The summed E-state index contributed by atoms with van der Waals surface area (Å²) in [4.78, 5) is 36.7. The Morgan fingerprint density at radius 3 is 2.45 bits per heavy atom. The largest absolute Gasteiger partial charge is 0.383 e. The predicted molar refractivity (Wildman–Crippen MR) is 77.8 cm³/mol. The van der Waals surface area contributed by atoms with Crippen LogP contribution in [0.5, 0.6) is 0 Å². The number of ether oxygens (including phenoxy) is 1. The molecule has 0 atom stereocenters. The second-order valence-corrected chi connectivity index (χ2v) is 4.87. The van der Waals surface area contributed by atoms with Crippen molar-refractivity contribution in [1.82, 2.24) is 4.90 Å². The Hall–Kier alpha value is -2.80. The molecular formula is C15H12N2O5. The average molecular weight is 300 g/mol. The molecule has 0 saturated heterocycles. The number of non-ortho nitro benzene ring substituents is 1. The van der Waals surface area contributed by atoms with Crippen LogP contribution in [0, 0.1) is 10.1 Å². The van der Waals surface area contributed by atoms with E-state index in [9.17, 15) is 19.7 Å². The minimum absolute atomic E-state index is 0.119. The van der Waals surface area contributed by atoms with E-state index in [-0.39, 0.29) is 18.8 Å². The predicted octanol–water partition coefficient (Wildman–Crippen LogP) is 1.99. The van der Waals surface area contributed by atoms with Gasteiger partial charge in [0.15, 0.2) is 0 Å². The van der Waals surface area contributed by atoms with Crippen LogP contribution in [0.3, 0.4) is 0 Å². The third kappa shape index (κ3) is 1.94. The molecule has 2 aromatic rings. The number of amides is 2. The maximum Gasteiger partial charge on any atom is 0.277 e. The van der Waals surface area contributed by atoms with Crippen molar-refractivity contribution in [3.8, 4) is 0 Å². The molecule has 3 rings (SSSR count). The van der Waals surface area contributed by atoms with Crippen LogP contribution in [0.1, 0.15) is 20.7 Å². The molecule has 1 aliphatic rings. The van der Waals surface area contributed by atoms with Gasteiger partial charge >= 0.3 is 0 Å². The van der Waals surface area contributed by atoms with Gasteiger partial charge in [0.2, 0.25) is 0 Å².